The van der Waals surface area contributed by atoms with Crippen LogP contribution in [0.2, 0.25) is 0 Å². The number of likely N-dealkylation sites (tertiary alicyclic amines) is 1. The van der Waals surface area contributed by atoms with E-state index in [0.29, 0.717) is 18.5 Å². The van der Waals surface area contributed by atoms with Gasteiger partial charge in [-0.05, 0) is 59.0 Å². The minimum Gasteiger partial charge on any atom is -0.489 e. The molecule has 6 rings (SSSR count). The Morgan fingerprint density at radius 3 is 2.66 bits per heavy atom. The Morgan fingerprint density at radius 2 is 1.80 bits per heavy atom. The molecule has 35 heavy (non-hydrogen) atoms. The molecule has 3 aliphatic heterocycles. The van der Waals surface area contributed by atoms with Crippen LogP contribution in [-0.2, 0) is 22.7 Å². The predicted octanol–water partition coefficient (Wildman–Crippen LogP) is 3.25. The highest BCUT2D eigenvalue weighted by Crippen LogP contribution is 2.31. The summed E-state index contributed by atoms with van der Waals surface area (Å²) < 4.78 is 6.29. The zero-order valence-electron chi connectivity index (χ0n) is 19.4. The largest absolute Gasteiger partial charge is 0.489 e. The van der Waals surface area contributed by atoms with E-state index in [1.54, 1.807) is 11.0 Å². The third-order valence-corrected chi connectivity index (χ3v) is 7.25. The molecule has 3 aromatic rings. The first kappa shape index (κ1) is 21.8. The van der Waals surface area contributed by atoms with Gasteiger partial charge in [-0.15, -0.1) is 0 Å². The van der Waals surface area contributed by atoms with Gasteiger partial charge in [-0.25, -0.2) is 0 Å². The van der Waals surface area contributed by atoms with Crippen LogP contribution in [0.15, 0.2) is 60.7 Å². The van der Waals surface area contributed by atoms with E-state index in [4.69, 9.17) is 4.74 Å². The fourth-order valence-corrected chi connectivity index (χ4v) is 5.45. The molecular weight excluding hydrogens is 442 g/mol. The smallest absolute Gasteiger partial charge is 0.255 e. The van der Waals surface area contributed by atoms with Gasteiger partial charge in [0.15, 0.2) is 0 Å². The molecule has 1 unspecified atom stereocenters. The van der Waals surface area contributed by atoms with Crippen LogP contribution in [0.25, 0.3) is 10.8 Å². The van der Waals surface area contributed by atoms with Crippen LogP contribution in [0.5, 0.6) is 5.75 Å². The average molecular weight is 470 g/mol. The summed E-state index contributed by atoms with van der Waals surface area (Å²) in [6, 6.07) is 20.0. The van der Waals surface area contributed by atoms with Gasteiger partial charge in [0.1, 0.15) is 17.9 Å². The highest BCUT2D eigenvalue weighted by molar-refractivity contribution is 6.05. The van der Waals surface area contributed by atoms with Gasteiger partial charge >= 0.3 is 0 Å². The second-order valence-corrected chi connectivity index (χ2v) is 9.66. The predicted molar refractivity (Wildman–Crippen MR) is 131 cm³/mol. The molecule has 2 saturated heterocycles. The first-order valence-corrected chi connectivity index (χ1v) is 12.2. The Kier molecular flexibility index (Phi) is 5.49. The maximum absolute atomic E-state index is 12.9. The van der Waals surface area contributed by atoms with Crippen molar-refractivity contribution in [2.24, 2.45) is 0 Å². The number of piperidine rings is 1. The number of hydrogen-bond donors (Lipinski definition) is 1. The minimum absolute atomic E-state index is 0.0943. The SMILES string of the molecule is O=C1CCC(N2Cc3cc(O[C@H]4CCN(Cc5ccc6ccccc6c5)C4)ccc3C2=O)C(=O)N1. The van der Waals surface area contributed by atoms with E-state index >= 15 is 0 Å². The molecule has 2 fully saturated rings. The van der Waals surface area contributed by atoms with E-state index in [-0.39, 0.29) is 24.3 Å². The maximum atomic E-state index is 12.9. The van der Waals surface area contributed by atoms with Gasteiger partial charge < -0.3 is 9.64 Å². The summed E-state index contributed by atoms with van der Waals surface area (Å²) in [5.74, 6) is -0.0867. The standard InChI is InChI=1S/C28H27N3O4/c32-26-10-9-25(27(33)29-26)31-16-21-14-22(7-8-24(21)28(31)34)35-23-11-12-30(17-23)15-18-5-6-19-3-1-2-4-20(19)13-18/h1-8,13-14,23,25H,9-12,15-17H2,(H,29,32,33)/t23-,25?/m0/s1. The summed E-state index contributed by atoms with van der Waals surface area (Å²) >= 11 is 0. The number of benzene rings is 3. The number of imide groups is 1. The molecule has 1 N–H and O–H groups in total. The van der Waals surface area contributed by atoms with Crippen molar-refractivity contribution in [2.75, 3.05) is 13.1 Å². The Labute approximate surface area is 203 Å². The number of ether oxygens (including phenoxy) is 1. The Balaban J connectivity index is 1.08. The molecule has 2 atom stereocenters. The van der Waals surface area contributed by atoms with E-state index in [2.05, 4.69) is 52.7 Å². The van der Waals surface area contributed by atoms with E-state index in [1.807, 2.05) is 12.1 Å². The minimum atomic E-state index is -0.601. The summed E-state index contributed by atoms with van der Waals surface area (Å²) in [6.45, 7) is 3.08. The van der Waals surface area contributed by atoms with Crippen molar-refractivity contribution >= 4 is 28.5 Å². The Bertz CT molecular complexity index is 1340. The van der Waals surface area contributed by atoms with Crippen molar-refractivity contribution in [3.8, 4) is 5.75 Å². The fraction of sp³-hybridized carbons (Fsp3) is 0.321. The number of hydrogen-bond acceptors (Lipinski definition) is 5. The molecule has 3 aliphatic rings. The van der Waals surface area contributed by atoms with Crippen molar-refractivity contribution in [2.45, 2.75) is 44.5 Å². The van der Waals surface area contributed by atoms with Crippen molar-refractivity contribution in [3.05, 3.63) is 77.4 Å². The molecular formula is C28H27N3O4. The average Bonchev–Trinajstić information content (AvgIpc) is 3.42. The maximum Gasteiger partial charge on any atom is 0.255 e. The highest BCUT2D eigenvalue weighted by atomic mass is 16.5. The van der Waals surface area contributed by atoms with Gasteiger partial charge in [-0.2, -0.15) is 0 Å². The molecule has 0 radical (unpaired) electrons. The Hall–Kier alpha value is -3.71. The summed E-state index contributed by atoms with van der Waals surface area (Å²) in [6.07, 6.45) is 1.66. The number of fused-ring (bicyclic) bond motifs is 2. The summed E-state index contributed by atoms with van der Waals surface area (Å²) in [5, 5.41) is 4.86. The zero-order valence-corrected chi connectivity index (χ0v) is 19.4. The lowest BCUT2D eigenvalue weighted by Crippen LogP contribution is -2.52. The number of nitrogens with one attached hydrogen (secondary N) is 1. The van der Waals surface area contributed by atoms with Gasteiger partial charge in [0.05, 0.1) is 0 Å². The normalized spacial score (nSPS) is 22.5. The molecule has 0 saturated carbocycles. The van der Waals surface area contributed by atoms with Crippen LogP contribution in [0.3, 0.4) is 0 Å². The molecule has 0 spiro atoms. The van der Waals surface area contributed by atoms with Crippen LogP contribution in [-0.4, -0.2) is 52.8 Å². The second-order valence-electron chi connectivity index (χ2n) is 9.66. The van der Waals surface area contributed by atoms with Gasteiger partial charge in [0.25, 0.3) is 5.91 Å². The molecule has 0 bridgehead atoms. The number of carbonyl (C=O) groups excluding carboxylic acids is 3. The molecule has 3 heterocycles. The van der Waals surface area contributed by atoms with Gasteiger partial charge in [-0.3, -0.25) is 24.6 Å². The van der Waals surface area contributed by atoms with Crippen LogP contribution in [0.4, 0.5) is 0 Å². The van der Waals surface area contributed by atoms with Gasteiger partial charge in [0, 0.05) is 38.2 Å². The van der Waals surface area contributed by atoms with Crippen LogP contribution in [0.1, 0.15) is 40.7 Å². The molecule has 3 amide bonds. The first-order valence-electron chi connectivity index (χ1n) is 12.2. The lowest BCUT2D eigenvalue weighted by atomic mass is 10.0. The monoisotopic (exact) mass is 469 g/mol. The number of rotatable bonds is 5. The Morgan fingerprint density at radius 1 is 0.943 bits per heavy atom. The second kappa shape index (κ2) is 8.82. The van der Waals surface area contributed by atoms with Crippen molar-refractivity contribution in [1.82, 2.24) is 15.1 Å². The highest BCUT2D eigenvalue weighted by Gasteiger charge is 2.39. The zero-order chi connectivity index (χ0) is 23.9. The van der Waals surface area contributed by atoms with Crippen LogP contribution in [0, 0.1) is 0 Å². The topological polar surface area (TPSA) is 79.0 Å². The van der Waals surface area contributed by atoms with E-state index in [0.717, 1.165) is 37.4 Å². The summed E-state index contributed by atoms with van der Waals surface area (Å²) in [7, 11) is 0. The molecule has 178 valence electrons. The van der Waals surface area contributed by atoms with Crippen molar-refractivity contribution in [3.63, 3.8) is 0 Å². The van der Waals surface area contributed by atoms with Crippen LogP contribution >= 0.6 is 0 Å². The molecule has 0 aromatic heterocycles. The van der Waals surface area contributed by atoms with E-state index < -0.39 is 11.9 Å². The number of amides is 3. The molecule has 7 heteroatoms. The third-order valence-electron chi connectivity index (χ3n) is 7.25. The quantitative estimate of drug-likeness (QED) is 0.581. The molecule has 7 nitrogen and oxygen atoms in total. The number of carbonyl (C=O) groups is 3. The molecule has 3 aromatic carbocycles. The van der Waals surface area contributed by atoms with Crippen molar-refractivity contribution < 1.29 is 19.1 Å². The first-order chi connectivity index (χ1) is 17.0. The van der Waals surface area contributed by atoms with Crippen LogP contribution < -0.4 is 10.1 Å². The van der Waals surface area contributed by atoms with Gasteiger partial charge in [-0.1, -0.05) is 36.4 Å². The molecule has 0 aliphatic carbocycles. The van der Waals surface area contributed by atoms with Gasteiger partial charge in [0.2, 0.25) is 11.8 Å². The fourth-order valence-electron chi connectivity index (χ4n) is 5.45. The third kappa shape index (κ3) is 4.28. The summed E-state index contributed by atoms with van der Waals surface area (Å²) in [5.41, 5.74) is 2.77. The van der Waals surface area contributed by atoms with E-state index in [9.17, 15) is 14.4 Å². The lowest BCUT2D eigenvalue weighted by molar-refractivity contribution is -0.136. The summed E-state index contributed by atoms with van der Waals surface area (Å²) in [4.78, 5) is 40.6. The number of nitrogens with zero attached hydrogens (tertiary/aromatic N) is 2. The van der Waals surface area contributed by atoms with E-state index in [1.165, 1.54) is 16.3 Å². The van der Waals surface area contributed by atoms with Crippen molar-refractivity contribution in [1.29, 1.82) is 0 Å². The lowest BCUT2D eigenvalue weighted by Gasteiger charge is -2.29.